The Bertz CT molecular complexity index is 2460. The van der Waals surface area contributed by atoms with E-state index in [-0.39, 0.29) is 42.3 Å². The highest BCUT2D eigenvalue weighted by Gasteiger charge is 2.22. The molecule has 0 fully saturated rings. The van der Waals surface area contributed by atoms with Crippen LogP contribution in [0.4, 0.5) is 14.9 Å². The van der Waals surface area contributed by atoms with Crippen LogP contribution in [0, 0.1) is 31.6 Å². The molecule has 0 atom stereocenters. The predicted octanol–water partition coefficient (Wildman–Crippen LogP) is 4.62. The number of imidazole rings is 1. The highest BCUT2D eigenvalue weighted by molar-refractivity contribution is 7.89. The van der Waals surface area contributed by atoms with Gasteiger partial charge in [0.05, 0.1) is 35.6 Å². The van der Waals surface area contributed by atoms with Crippen molar-refractivity contribution in [3.05, 3.63) is 94.3 Å². The number of halogens is 1. The molecule has 14 heteroatoms. The summed E-state index contributed by atoms with van der Waals surface area (Å²) in [4.78, 5) is 37.5. The number of anilines is 1. The first kappa shape index (κ1) is 35.2. The van der Waals surface area contributed by atoms with E-state index >= 15 is 4.39 Å². The van der Waals surface area contributed by atoms with Gasteiger partial charge in [0, 0.05) is 54.1 Å². The number of nitrogens with one attached hydrogen (secondary N) is 2. The lowest BCUT2D eigenvalue weighted by atomic mass is 10.0. The van der Waals surface area contributed by atoms with Gasteiger partial charge < -0.3 is 20.3 Å². The summed E-state index contributed by atoms with van der Waals surface area (Å²) in [5, 5.41) is 14.4. The molecule has 3 aromatic carbocycles. The second-order valence-corrected chi connectivity index (χ2v) is 13.6. The SMILES string of the molecule is C#CCn1c(=O)n(CC#C)c2cc(NC(=O)c3ccc4c(c3)c(-c3cccc(S(=O)(=O)N(C)C)c3)c(C)n4C/C(F)=C/CNC(=O)O)ccc21. The van der Waals surface area contributed by atoms with Crippen LogP contribution in [0.3, 0.4) is 0 Å². The molecule has 2 amide bonds. The van der Waals surface area contributed by atoms with Crippen LogP contribution in [0.2, 0.25) is 0 Å². The van der Waals surface area contributed by atoms with Crippen molar-refractivity contribution in [1.82, 2.24) is 23.3 Å². The van der Waals surface area contributed by atoms with Crippen molar-refractivity contribution < 1.29 is 27.5 Å². The third kappa shape index (κ3) is 6.75. The van der Waals surface area contributed by atoms with Gasteiger partial charge in [0.15, 0.2) is 0 Å². The van der Waals surface area contributed by atoms with E-state index in [0.717, 1.165) is 10.4 Å². The van der Waals surface area contributed by atoms with E-state index in [4.69, 9.17) is 18.0 Å². The van der Waals surface area contributed by atoms with E-state index < -0.39 is 27.9 Å². The Morgan fingerprint density at radius 2 is 1.64 bits per heavy atom. The first-order valence-electron chi connectivity index (χ1n) is 15.2. The maximum atomic E-state index is 15.1. The van der Waals surface area contributed by atoms with Gasteiger partial charge in [-0.15, -0.1) is 12.8 Å². The highest BCUT2D eigenvalue weighted by atomic mass is 32.2. The molecule has 0 aliphatic rings. The minimum absolute atomic E-state index is 0.00296. The van der Waals surface area contributed by atoms with E-state index in [1.807, 2.05) is 0 Å². The van der Waals surface area contributed by atoms with Gasteiger partial charge in [-0.3, -0.25) is 13.9 Å². The van der Waals surface area contributed by atoms with E-state index in [1.54, 1.807) is 60.0 Å². The Kier molecular flexibility index (Phi) is 9.99. The van der Waals surface area contributed by atoms with Gasteiger partial charge in [-0.25, -0.2) is 26.7 Å². The van der Waals surface area contributed by atoms with Crippen LogP contribution in [0.15, 0.2) is 82.3 Å². The van der Waals surface area contributed by atoms with Crippen molar-refractivity contribution in [3.8, 4) is 35.8 Å². The van der Waals surface area contributed by atoms with Gasteiger partial charge in [0.25, 0.3) is 5.91 Å². The molecule has 0 radical (unpaired) electrons. The Labute approximate surface area is 287 Å². The number of carboxylic acid groups (broad SMARTS) is 1. The fraction of sp³-hybridized carbons (Fsp3) is 0.194. The van der Waals surface area contributed by atoms with Gasteiger partial charge in [-0.1, -0.05) is 24.0 Å². The zero-order valence-electron chi connectivity index (χ0n) is 27.4. The standard InChI is InChI=1S/C36H33FN6O6S/c1-6-17-41-31-14-12-27(21-32(31)42(18-7-2)36(41)47)39-34(44)25-11-13-30-29(20-25)33(23(3)43(30)22-26(37)15-16-38-35(45)46)24-9-8-10-28(19-24)50(48,49)40(4)5/h1-2,8-15,19-21,38H,16-18,22H2,3-5H3,(H,39,44)(H,45,46)/b26-15-. The minimum Gasteiger partial charge on any atom is -0.465 e. The quantitative estimate of drug-likeness (QED) is 0.172. The first-order valence-corrected chi connectivity index (χ1v) is 16.6. The molecule has 0 aliphatic carbocycles. The van der Waals surface area contributed by atoms with Crippen LogP contribution in [-0.2, 0) is 29.7 Å². The number of aromatic nitrogens is 3. The molecule has 256 valence electrons. The third-order valence-corrected chi connectivity index (χ3v) is 9.96. The summed E-state index contributed by atoms with van der Waals surface area (Å²) in [5.74, 6) is 3.84. The van der Waals surface area contributed by atoms with Crippen molar-refractivity contribution >= 4 is 49.6 Å². The van der Waals surface area contributed by atoms with Crippen LogP contribution < -0.4 is 16.3 Å². The number of rotatable bonds is 11. The Balaban J connectivity index is 1.60. The number of terminal acetylenes is 2. The molecule has 5 aromatic rings. The topological polar surface area (TPSA) is 148 Å². The molecule has 0 aliphatic heterocycles. The summed E-state index contributed by atoms with van der Waals surface area (Å²) in [7, 11) is -0.936. The number of carbonyl (C=O) groups is 2. The number of amides is 2. The number of hydrogen-bond acceptors (Lipinski definition) is 5. The molecule has 12 nitrogen and oxygen atoms in total. The maximum Gasteiger partial charge on any atom is 0.404 e. The summed E-state index contributed by atoms with van der Waals surface area (Å²) < 4.78 is 46.7. The van der Waals surface area contributed by atoms with Crippen molar-refractivity contribution in [1.29, 1.82) is 0 Å². The molecular formula is C36H33FN6O6S. The molecule has 0 spiro atoms. The van der Waals surface area contributed by atoms with Gasteiger partial charge in [0.1, 0.15) is 5.83 Å². The van der Waals surface area contributed by atoms with Crippen LogP contribution in [0.1, 0.15) is 16.1 Å². The Hall–Kier alpha value is -6.09. The van der Waals surface area contributed by atoms with Gasteiger partial charge >= 0.3 is 11.8 Å². The van der Waals surface area contributed by atoms with Crippen LogP contribution >= 0.6 is 0 Å². The molecule has 0 saturated carbocycles. The lowest BCUT2D eigenvalue weighted by Gasteiger charge is -2.13. The van der Waals surface area contributed by atoms with Crippen LogP contribution in [-0.4, -0.2) is 64.2 Å². The minimum atomic E-state index is -3.79. The van der Waals surface area contributed by atoms with Crippen molar-refractivity contribution in [3.63, 3.8) is 0 Å². The summed E-state index contributed by atoms with van der Waals surface area (Å²) in [6.07, 6.45) is 10.8. The molecule has 0 saturated heterocycles. The van der Waals surface area contributed by atoms with Crippen molar-refractivity contribution in [2.45, 2.75) is 31.5 Å². The summed E-state index contributed by atoms with van der Waals surface area (Å²) in [6.45, 7) is 1.32. The number of fused-ring (bicyclic) bond motifs is 2. The molecule has 2 aromatic heterocycles. The monoisotopic (exact) mass is 696 g/mol. The number of carbonyl (C=O) groups excluding carboxylic acids is 1. The lowest BCUT2D eigenvalue weighted by Crippen LogP contribution is -2.23. The predicted molar refractivity (Wildman–Crippen MR) is 190 cm³/mol. The van der Waals surface area contributed by atoms with Crippen molar-refractivity contribution in [2.75, 3.05) is 26.0 Å². The zero-order valence-corrected chi connectivity index (χ0v) is 28.2. The number of benzene rings is 3. The number of nitrogens with zero attached hydrogens (tertiary/aromatic N) is 4. The molecule has 0 unspecified atom stereocenters. The molecular weight excluding hydrogens is 663 g/mol. The van der Waals surface area contributed by atoms with Crippen LogP contribution in [0.25, 0.3) is 33.1 Å². The summed E-state index contributed by atoms with van der Waals surface area (Å²) in [6, 6.07) is 16.2. The average molecular weight is 697 g/mol. The molecule has 5 rings (SSSR count). The Morgan fingerprint density at radius 1 is 0.960 bits per heavy atom. The highest BCUT2D eigenvalue weighted by Crippen LogP contribution is 2.37. The molecule has 50 heavy (non-hydrogen) atoms. The maximum absolute atomic E-state index is 15.1. The number of allylic oxidation sites excluding steroid dienone is 1. The van der Waals surface area contributed by atoms with Gasteiger partial charge in [-0.2, -0.15) is 0 Å². The van der Waals surface area contributed by atoms with E-state index in [0.29, 0.717) is 44.4 Å². The third-order valence-electron chi connectivity index (χ3n) is 8.15. The molecule has 0 bridgehead atoms. The van der Waals surface area contributed by atoms with E-state index in [9.17, 15) is 22.8 Å². The van der Waals surface area contributed by atoms with E-state index in [2.05, 4.69) is 22.5 Å². The second-order valence-electron chi connectivity index (χ2n) is 11.5. The fourth-order valence-corrected chi connectivity index (χ4v) is 6.72. The Morgan fingerprint density at radius 3 is 2.30 bits per heavy atom. The summed E-state index contributed by atoms with van der Waals surface area (Å²) in [5.41, 5.74) is 3.57. The normalized spacial score (nSPS) is 11.9. The largest absolute Gasteiger partial charge is 0.465 e. The molecule has 3 N–H and O–H groups in total. The van der Waals surface area contributed by atoms with Crippen molar-refractivity contribution in [2.24, 2.45) is 0 Å². The van der Waals surface area contributed by atoms with E-state index in [1.165, 1.54) is 35.4 Å². The first-order chi connectivity index (χ1) is 23.8. The average Bonchev–Trinajstić information content (AvgIpc) is 3.49. The lowest BCUT2D eigenvalue weighted by molar-refractivity contribution is 0.102. The smallest absolute Gasteiger partial charge is 0.404 e. The van der Waals surface area contributed by atoms with Crippen LogP contribution in [0.5, 0.6) is 0 Å². The fourth-order valence-electron chi connectivity index (χ4n) is 5.77. The second kappa shape index (κ2) is 14.2. The van der Waals surface area contributed by atoms with Gasteiger partial charge in [-0.05, 0) is 67.1 Å². The number of sulfonamides is 1. The summed E-state index contributed by atoms with van der Waals surface area (Å²) >= 11 is 0. The van der Waals surface area contributed by atoms with Gasteiger partial charge in [0.2, 0.25) is 10.0 Å². The molecule has 2 heterocycles. The number of hydrogen-bond donors (Lipinski definition) is 3. The zero-order chi connectivity index (χ0) is 36.3.